The summed E-state index contributed by atoms with van der Waals surface area (Å²) >= 11 is 1.23. The first-order valence-corrected chi connectivity index (χ1v) is 6.75. The van der Waals surface area contributed by atoms with Gasteiger partial charge in [0.1, 0.15) is 4.21 Å². The summed E-state index contributed by atoms with van der Waals surface area (Å²) in [5.74, 6) is 0. The van der Waals surface area contributed by atoms with Crippen molar-refractivity contribution < 1.29 is 8.42 Å². The van der Waals surface area contributed by atoms with E-state index in [2.05, 4.69) is 0 Å². The molecule has 0 aliphatic carbocycles. The Morgan fingerprint density at radius 2 is 2.36 bits per heavy atom. The second-order valence-corrected chi connectivity index (χ2v) is 6.32. The highest BCUT2D eigenvalue weighted by Gasteiger charge is 2.33. The third kappa shape index (κ3) is 1.58. The first-order valence-electron chi connectivity index (χ1n) is 4.43. The van der Waals surface area contributed by atoms with E-state index in [4.69, 9.17) is 5.73 Å². The third-order valence-electron chi connectivity index (χ3n) is 2.31. The van der Waals surface area contributed by atoms with Crippen molar-refractivity contribution >= 4 is 21.4 Å². The molecule has 1 fully saturated rings. The number of nitrogens with zero attached hydrogens (tertiary/aromatic N) is 1. The maximum absolute atomic E-state index is 12.0. The Balaban J connectivity index is 2.33. The lowest BCUT2D eigenvalue weighted by molar-refractivity contribution is 0.397. The lowest BCUT2D eigenvalue weighted by Gasteiger charge is -2.19. The minimum atomic E-state index is -3.32. The average Bonchev–Trinajstić information content (AvgIpc) is 2.72. The third-order valence-corrected chi connectivity index (χ3v) is 5.60. The molecule has 78 valence electrons. The molecule has 1 unspecified atom stereocenters. The van der Waals surface area contributed by atoms with Crippen molar-refractivity contribution in [2.45, 2.75) is 23.2 Å². The maximum atomic E-state index is 12.0. The molecule has 1 atom stereocenters. The average molecular weight is 232 g/mol. The molecule has 0 radical (unpaired) electrons. The first-order chi connectivity index (χ1) is 6.62. The minimum absolute atomic E-state index is 0.345. The molecule has 0 amide bonds. The number of hydrogen-bond acceptors (Lipinski definition) is 4. The first kappa shape index (κ1) is 10.1. The van der Waals surface area contributed by atoms with Crippen molar-refractivity contribution in [3.8, 4) is 0 Å². The molecule has 2 heterocycles. The van der Waals surface area contributed by atoms with E-state index in [0.717, 1.165) is 12.8 Å². The summed E-state index contributed by atoms with van der Waals surface area (Å²) in [6, 6.07) is 3.35. The van der Waals surface area contributed by atoms with Gasteiger partial charge in [-0.05, 0) is 24.3 Å². The smallest absolute Gasteiger partial charge is 0.253 e. The van der Waals surface area contributed by atoms with Crippen molar-refractivity contribution in [3.05, 3.63) is 17.5 Å². The van der Waals surface area contributed by atoms with Crippen LogP contribution >= 0.6 is 11.3 Å². The summed E-state index contributed by atoms with van der Waals surface area (Å²) in [6.45, 7) is 0.543. The van der Waals surface area contributed by atoms with Crippen LogP contribution in [0.2, 0.25) is 0 Å². The van der Waals surface area contributed by atoms with Crippen LogP contribution in [0, 0.1) is 0 Å². The Kier molecular flexibility index (Phi) is 2.61. The van der Waals surface area contributed by atoms with E-state index in [1.165, 1.54) is 15.6 Å². The lowest BCUT2D eigenvalue weighted by atomic mass is 10.3. The predicted octanol–water partition coefficient (Wildman–Crippen LogP) is 0.817. The van der Waals surface area contributed by atoms with E-state index in [1.807, 2.05) is 0 Å². The number of thiophene rings is 1. The second-order valence-electron chi connectivity index (χ2n) is 3.26. The topological polar surface area (TPSA) is 63.4 Å². The van der Waals surface area contributed by atoms with Crippen LogP contribution in [0.5, 0.6) is 0 Å². The highest BCUT2D eigenvalue weighted by atomic mass is 32.2. The second kappa shape index (κ2) is 3.62. The zero-order valence-corrected chi connectivity index (χ0v) is 9.22. The number of hydrogen-bond donors (Lipinski definition) is 1. The van der Waals surface area contributed by atoms with Gasteiger partial charge in [-0.15, -0.1) is 11.3 Å². The fourth-order valence-corrected chi connectivity index (χ4v) is 4.29. The molecule has 4 nitrogen and oxygen atoms in total. The summed E-state index contributed by atoms with van der Waals surface area (Å²) < 4.78 is 25.7. The number of rotatable bonds is 2. The van der Waals surface area contributed by atoms with Crippen LogP contribution in [0.4, 0.5) is 0 Å². The van der Waals surface area contributed by atoms with Crippen molar-refractivity contribution in [2.24, 2.45) is 5.73 Å². The monoisotopic (exact) mass is 232 g/mol. The molecular formula is C8H12N2O2S2. The van der Waals surface area contributed by atoms with Crippen LogP contribution in [0.3, 0.4) is 0 Å². The number of sulfonamides is 1. The van der Waals surface area contributed by atoms with Crippen molar-refractivity contribution in [3.63, 3.8) is 0 Å². The van der Waals surface area contributed by atoms with Gasteiger partial charge in [0.25, 0.3) is 10.0 Å². The van der Waals surface area contributed by atoms with Crippen LogP contribution < -0.4 is 5.73 Å². The zero-order chi connectivity index (χ0) is 10.2. The maximum Gasteiger partial charge on any atom is 0.253 e. The van der Waals surface area contributed by atoms with E-state index in [-0.39, 0.29) is 6.17 Å². The molecule has 6 heteroatoms. The van der Waals surface area contributed by atoms with Gasteiger partial charge in [-0.2, -0.15) is 4.31 Å². The molecule has 1 saturated heterocycles. The summed E-state index contributed by atoms with van der Waals surface area (Å²) in [5, 5.41) is 1.76. The van der Waals surface area contributed by atoms with E-state index < -0.39 is 10.0 Å². The van der Waals surface area contributed by atoms with E-state index >= 15 is 0 Å². The van der Waals surface area contributed by atoms with Gasteiger partial charge in [-0.1, -0.05) is 6.07 Å². The van der Waals surface area contributed by atoms with Gasteiger partial charge in [0, 0.05) is 6.54 Å². The molecular weight excluding hydrogens is 220 g/mol. The Morgan fingerprint density at radius 3 is 2.86 bits per heavy atom. The standard InChI is InChI=1S/C8H12N2O2S2/c9-7-3-1-5-10(7)14(11,12)8-4-2-6-13-8/h2,4,6-7H,1,3,5,9H2. The Labute approximate surface area is 87.4 Å². The van der Waals surface area contributed by atoms with E-state index in [0.29, 0.717) is 10.8 Å². The lowest BCUT2D eigenvalue weighted by Crippen LogP contribution is -2.40. The van der Waals surface area contributed by atoms with Crippen molar-refractivity contribution in [1.29, 1.82) is 0 Å². The molecule has 1 aliphatic heterocycles. The molecule has 14 heavy (non-hydrogen) atoms. The van der Waals surface area contributed by atoms with Crippen molar-refractivity contribution in [2.75, 3.05) is 6.54 Å². The largest absolute Gasteiger partial charge is 0.315 e. The molecule has 2 N–H and O–H groups in total. The summed E-state index contributed by atoms with van der Waals surface area (Å²) in [4.78, 5) is 0. The molecule has 1 aromatic heterocycles. The molecule has 2 rings (SSSR count). The molecule has 1 aromatic rings. The summed E-state index contributed by atoms with van der Waals surface area (Å²) in [5.41, 5.74) is 5.72. The molecule has 0 aromatic carbocycles. The van der Waals surface area contributed by atoms with Gasteiger partial charge in [0.15, 0.2) is 0 Å². The molecule has 0 saturated carbocycles. The van der Waals surface area contributed by atoms with Gasteiger partial charge in [0.05, 0.1) is 6.17 Å². The van der Waals surface area contributed by atoms with Crippen molar-refractivity contribution in [1.82, 2.24) is 4.31 Å². The Morgan fingerprint density at radius 1 is 1.57 bits per heavy atom. The van der Waals surface area contributed by atoms with Crippen LogP contribution in [0.1, 0.15) is 12.8 Å². The van der Waals surface area contributed by atoms with Crippen LogP contribution in [0.25, 0.3) is 0 Å². The van der Waals surface area contributed by atoms with Crippen LogP contribution in [-0.2, 0) is 10.0 Å². The van der Waals surface area contributed by atoms with Gasteiger partial charge < -0.3 is 5.73 Å². The van der Waals surface area contributed by atoms with E-state index in [9.17, 15) is 8.42 Å². The molecule has 1 aliphatic rings. The van der Waals surface area contributed by atoms with Gasteiger partial charge in [-0.25, -0.2) is 8.42 Å². The van der Waals surface area contributed by atoms with E-state index in [1.54, 1.807) is 17.5 Å². The fourth-order valence-electron chi connectivity index (χ4n) is 1.59. The van der Waals surface area contributed by atoms with Gasteiger partial charge in [-0.3, -0.25) is 0 Å². The van der Waals surface area contributed by atoms with Crippen LogP contribution in [0.15, 0.2) is 21.7 Å². The SMILES string of the molecule is NC1CCCN1S(=O)(=O)c1cccs1. The number of nitrogens with two attached hydrogens (primary N) is 1. The van der Waals surface area contributed by atoms with Gasteiger partial charge in [0.2, 0.25) is 0 Å². The Bertz CT molecular complexity index is 399. The normalized spacial score (nSPS) is 24.2. The molecule has 0 spiro atoms. The quantitative estimate of drug-likeness (QED) is 0.821. The van der Waals surface area contributed by atoms with Gasteiger partial charge >= 0.3 is 0 Å². The van der Waals surface area contributed by atoms with Crippen LogP contribution in [-0.4, -0.2) is 25.4 Å². The fraction of sp³-hybridized carbons (Fsp3) is 0.500. The predicted molar refractivity (Wildman–Crippen MR) is 55.4 cm³/mol. The highest BCUT2D eigenvalue weighted by Crippen LogP contribution is 2.26. The minimum Gasteiger partial charge on any atom is -0.315 e. The zero-order valence-electron chi connectivity index (χ0n) is 7.59. The summed E-state index contributed by atoms with van der Waals surface area (Å²) in [7, 11) is -3.32. The summed E-state index contributed by atoms with van der Waals surface area (Å²) in [6.07, 6.45) is 1.26. The highest BCUT2D eigenvalue weighted by molar-refractivity contribution is 7.91. The molecule has 0 bridgehead atoms. The Hall–Kier alpha value is -0.430.